The molecule has 4 aromatic carbocycles. The van der Waals surface area contributed by atoms with Crippen molar-refractivity contribution in [2.45, 2.75) is 170 Å². The molecule has 0 heterocycles. The van der Waals surface area contributed by atoms with Gasteiger partial charge in [0.1, 0.15) is 79.5 Å². The summed E-state index contributed by atoms with van der Waals surface area (Å²) in [6, 6.07) is 12.8. The number of fused-ring (bicyclic) bond motifs is 12. The molecule has 12 aliphatic rings. The number of benzene rings is 4. The van der Waals surface area contributed by atoms with Gasteiger partial charge in [-0.1, -0.05) is 91.3 Å². The monoisotopic (exact) mass is 1900 g/mol. The fourth-order valence-corrected chi connectivity index (χ4v) is 24.0. The first-order chi connectivity index (χ1) is 63.8. The lowest BCUT2D eigenvalue weighted by Crippen LogP contribution is -2.69. The average Bonchev–Trinajstić information content (AvgIpc) is 0.690. The zero-order chi connectivity index (χ0) is 102. The number of nitrogens with zero attached hydrogens (tertiary/aromatic N) is 5. The summed E-state index contributed by atoms with van der Waals surface area (Å²) < 4.78 is 0. The second-order valence-corrected chi connectivity index (χ2v) is 40.1. The largest absolute Gasteiger partial charge is 0.508 e. The number of aromatic hydroxyl groups is 4. The topological polar surface area (TPSA) is 653 Å². The third-order valence-corrected chi connectivity index (χ3v) is 30.9. The van der Waals surface area contributed by atoms with Gasteiger partial charge in [-0.15, -0.1) is 0 Å². The van der Waals surface area contributed by atoms with Gasteiger partial charge in [-0.25, -0.2) is 0 Å². The number of rotatable bonds is 17. The normalized spacial score (nSPS) is 32.3. The van der Waals surface area contributed by atoms with Crippen LogP contribution in [0.4, 0.5) is 5.69 Å². The molecular weight excluding hydrogens is 1780 g/mol. The van der Waals surface area contributed by atoms with E-state index in [-0.39, 0.29) is 110 Å². The van der Waals surface area contributed by atoms with Gasteiger partial charge in [-0.2, -0.15) is 0 Å². The first-order valence-electron chi connectivity index (χ1n) is 45.4. The summed E-state index contributed by atoms with van der Waals surface area (Å²) in [4.78, 5) is 164. The van der Waals surface area contributed by atoms with Gasteiger partial charge in [0, 0.05) is 85.1 Å². The summed E-state index contributed by atoms with van der Waals surface area (Å²) >= 11 is 0. The number of aliphatic hydroxyl groups is 11. The first kappa shape index (κ1) is 102. The van der Waals surface area contributed by atoms with Crippen LogP contribution in [-0.2, 0) is 44.8 Å². The minimum absolute atomic E-state index is 0.000999. The summed E-state index contributed by atoms with van der Waals surface area (Å²) in [5.74, 6) is -24.2. The van der Waals surface area contributed by atoms with E-state index in [1.165, 1.54) is 45.0 Å². The van der Waals surface area contributed by atoms with E-state index in [4.69, 9.17) is 22.9 Å². The van der Waals surface area contributed by atoms with E-state index in [9.17, 15) is 134 Å². The summed E-state index contributed by atoms with van der Waals surface area (Å²) in [5, 5.41) is 175. The number of hydrogen-bond acceptors (Lipinski definition) is 34. The number of carbonyl (C=O) groups excluding carboxylic acids is 12. The molecular formula is C99H123N11O27. The van der Waals surface area contributed by atoms with Crippen molar-refractivity contribution in [2.24, 2.45) is 81.6 Å². The highest BCUT2D eigenvalue weighted by atomic mass is 16.4. The predicted molar refractivity (Wildman–Crippen MR) is 494 cm³/mol. The molecule has 0 spiro atoms. The predicted octanol–water partition coefficient (Wildman–Crippen LogP) is 1.75. The van der Waals surface area contributed by atoms with E-state index in [1.54, 1.807) is 118 Å². The molecule has 1 fully saturated rings. The molecule has 736 valence electrons. The Morgan fingerprint density at radius 2 is 0.861 bits per heavy atom. The third kappa shape index (κ3) is 15.6. The number of allylic oxidation sites excluding steroid dienone is 1. The maximum Gasteiger partial charge on any atom is 0.255 e. The van der Waals surface area contributed by atoms with Crippen LogP contribution in [-0.4, -0.2) is 315 Å². The van der Waals surface area contributed by atoms with Gasteiger partial charge in [0.15, 0.2) is 57.5 Å². The van der Waals surface area contributed by atoms with Crippen LogP contribution < -0.4 is 38.5 Å². The molecule has 0 radical (unpaired) electrons. The number of hydrogen-bond donors (Lipinski definition) is 21. The second-order valence-electron chi connectivity index (χ2n) is 40.1. The van der Waals surface area contributed by atoms with Gasteiger partial charge >= 0.3 is 0 Å². The van der Waals surface area contributed by atoms with E-state index in [1.807, 2.05) is 53.6 Å². The van der Waals surface area contributed by atoms with Gasteiger partial charge in [0.2, 0.25) is 0 Å². The molecule has 38 nitrogen and oxygen atoms in total. The molecule has 4 aromatic rings. The van der Waals surface area contributed by atoms with E-state index >= 15 is 0 Å². The molecule has 1 saturated carbocycles. The Kier molecular flexibility index (Phi) is 27.2. The first-order valence-corrected chi connectivity index (χ1v) is 45.4. The van der Waals surface area contributed by atoms with Crippen LogP contribution in [0.15, 0.2) is 146 Å². The maximum absolute atomic E-state index is 14.0. The minimum atomic E-state index is -2.51. The van der Waals surface area contributed by atoms with E-state index in [0.29, 0.717) is 41.6 Å². The molecule has 0 bridgehead atoms. The Labute approximate surface area is 789 Å². The minimum Gasteiger partial charge on any atom is -0.508 e. The van der Waals surface area contributed by atoms with Crippen LogP contribution in [0.25, 0.3) is 0 Å². The lowest BCUT2D eigenvalue weighted by atomic mass is 9.52. The summed E-state index contributed by atoms with van der Waals surface area (Å²) in [7, 11) is 16.3. The fraction of sp³-hybridized carbons (Fsp3) is 0.495. The van der Waals surface area contributed by atoms with Crippen LogP contribution in [0.1, 0.15) is 162 Å². The molecule has 16 rings (SSSR count). The molecule has 9 unspecified atom stereocenters. The van der Waals surface area contributed by atoms with Crippen molar-refractivity contribution in [3.8, 4) is 23.0 Å². The Hall–Kier alpha value is -12.3. The van der Waals surface area contributed by atoms with Gasteiger partial charge in [0.05, 0.1) is 88.0 Å². The van der Waals surface area contributed by atoms with Gasteiger partial charge in [-0.3, -0.25) is 77.1 Å². The zero-order valence-electron chi connectivity index (χ0n) is 79.2. The number of Topliss-reactive ketones (excluding diaryl/α,β-unsaturated/α-hetero) is 8. The smallest absolute Gasteiger partial charge is 0.255 e. The van der Waals surface area contributed by atoms with E-state index in [0.717, 1.165) is 18.5 Å². The summed E-state index contributed by atoms with van der Waals surface area (Å²) in [5.41, 5.74) is 12.6. The van der Waals surface area contributed by atoms with Crippen LogP contribution in [0, 0.1) is 58.7 Å². The lowest BCUT2D eigenvalue weighted by Gasteiger charge is -2.56. The number of nitrogens with one attached hydrogen (secondary N) is 2. The quantitative estimate of drug-likeness (QED) is 0.0529. The Bertz CT molecular complexity index is 6070. The molecule has 4 amide bonds. The van der Waals surface area contributed by atoms with Crippen molar-refractivity contribution < 1.29 is 134 Å². The Morgan fingerprint density at radius 3 is 1.28 bits per heavy atom. The molecule has 12 aliphatic carbocycles. The molecule has 38 heteroatoms. The molecule has 137 heavy (non-hydrogen) atoms. The van der Waals surface area contributed by atoms with Gasteiger partial charge < -0.3 is 115 Å². The number of aliphatic hydroxyl groups excluding tert-OH is 7. The van der Waals surface area contributed by atoms with Gasteiger partial charge in [0.25, 0.3) is 23.6 Å². The number of nitrogens with two attached hydrogens (primary N) is 4. The van der Waals surface area contributed by atoms with Gasteiger partial charge in [-0.05, 0) is 176 Å². The van der Waals surface area contributed by atoms with Crippen molar-refractivity contribution >= 4 is 75.6 Å². The van der Waals surface area contributed by atoms with Crippen LogP contribution in [0.2, 0.25) is 0 Å². The van der Waals surface area contributed by atoms with Crippen LogP contribution in [0.5, 0.6) is 23.0 Å². The maximum atomic E-state index is 14.0. The lowest BCUT2D eigenvalue weighted by molar-refractivity contribution is -0.174. The molecule has 25 N–H and O–H groups in total. The van der Waals surface area contributed by atoms with Crippen molar-refractivity contribution in [2.75, 3.05) is 88.5 Å². The van der Waals surface area contributed by atoms with Crippen LogP contribution in [0.3, 0.4) is 0 Å². The summed E-state index contributed by atoms with van der Waals surface area (Å²) in [6.45, 7) is 13.9. The number of primary amides is 4. The van der Waals surface area contributed by atoms with Crippen LogP contribution >= 0.6 is 0 Å². The summed E-state index contributed by atoms with van der Waals surface area (Å²) in [6.07, 6.45) is -0.570. The van der Waals surface area contributed by atoms with E-state index in [2.05, 4.69) is 10.6 Å². The molecule has 0 saturated heterocycles. The number of phenols is 4. The third-order valence-electron chi connectivity index (χ3n) is 30.9. The Morgan fingerprint density at radius 1 is 0.467 bits per heavy atom. The molecule has 23 atom stereocenters. The SMILES string of the molecule is CCC(C)(C)CNC1=C2C(=O)c3c(O)cccc3[C@H](C)C2[C@H](O)C2[C@H](N(C)C)C(=O)C(C(N)=O)=C(O)[C@@]12O.CCCCNC1=C2C(=O)c3c(O)cccc3[C@H](C)C2[C@H](O)C2[C@H](N(C)C)C(=O)C(C(N)=O)=C(O)[C@@]12O.CN(C)c1ccc(O)c2c1CC1CC3[C@H](N(C)C)C(=O)C(C(N)=O)=C(O)[C@@]3(O)C=C1C2=O.C[C@H]1c2cccc(O)c2C(=O)C2C[C@]3(O)C(O)=C(C(N)=O)C(=O)[C@@H](N(C)C)C3[C@@H](O)C21. The highest BCUT2D eigenvalue weighted by Crippen LogP contribution is 2.62. The number of unbranched alkanes of at least 4 members (excludes halogenated alkanes) is 1. The standard InChI is InChI=1S/C28H37N3O7.C26H33N3O7.C23H27N3O6.C22H26N2O7/c1-7-27(3,4)11-30-24-17-15(12(2)13-9-8-10-14(32)16(13)21(17)33)22(34)19-20(31(5)6)23(35)18(26(29)37)25(36)28(19,24)38;1-5-6-10-28-23-16-14(11(2)12-8-7-9-13(30)15(12)20(16)31)21(32)18-19(29(3)4)22(33)17(25(27)35)24(34)26(18,23)36;1-25(2)14-5-6-15(27)16-11(14)7-10-8-13-18(26(3)4)20(29)17(22(24)31)21(30)23(13,32)9-12(10)19(16)28;1-8-9-5-4-6-11(25)13(9)17(26)10-7-22(31)15(18(27)12(8)10)16(24(2)3)19(28)14(20(22)29)21(23)30/h8-10,12,15,19-20,22,30,32,34,36,38H,7,11H2,1-6H3,(H2,29,37);7-9,11,14,18-19,21,28,30,32,34,36H,5-6,10H2,1-4H3,(H2,27,35);5-6,9-10,13,18,27,30,32H,7-8H2,1-4H3,(H2,24,31);4-6,8,10,12,15-16,18,25,27,29,31H,7H2,1-3H3,(H2,23,30)/t12-,15?,19?,20-,22-,28-;11-,14?,18?,19-,21-,26-;10?,13?,18-,23+;8-,10?,12?,15?,16-,18-,22+/m0000/s1. The zero-order valence-corrected chi connectivity index (χ0v) is 79.2. The second kappa shape index (κ2) is 36.5. The number of amides is 4. The number of phenolic OH excluding ortho intramolecular Hbond substituents is 4. The average molecular weight is 1900 g/mol. The van der Waals surface area contributed by atoms with Crippen molar-refractivity contribution in [1.82, 2.24) is 30.2 Å². The van der Waals surface area contributed by atoms with E-state index < -0.39 is 239 Å². The highest BCUT2D eigenvalue weighted by Gasteiger charge is 2.71. The molecule has 0 aromatic heterocycles. The van der Waals surface area contributed by atoms with Crippen molar-refractivity contribution in [3.05, 3.63) is 191 Å². The van der Waals surface area contributed by atoms with Crippen molar-refractivity contribution in [1.29, 1.82) is 0 Å². The number of likely N-dealkylation sites (N-methyl/N-ethyl adjacent to an activating group) is 4. The number of anilines is 1. The molecule has 0 aliphatic heterocycles. The number of carbonyl (C=O) groups is 12. The van der Waals surface area contributed by atoms with Crippen molar-refractivity contribution in [3.63, 3.8) is 0 Å². The number of ketones is 8. The fourth-order valence-electron chi connectivity index (χ4n) is 24.0. The Balaban J connectivity index is 0.000000155. The highest BCUT2D eigenvalue weighted by molar-refractivity contribution is 6.26.